The minimum atomic E-state index is -3.37. The molecule has 0 bridgehead atoms. The third kappa shape index (κ3) is 4.61. The first-order valence-corrected chi connectivity index (χ1v) is 13.1. The first-order valence-electron chi connectivity index (χ1n) is 11.6. The van der Waals surface area contributed by atoms with Crippen LogP contribution in [-0.2, 0) is 16.4 Å². The van der Waals surface area contributed by atoms with Crippen molar-refractivity contribution in [2.45, 2.75) is 29.5 Å². The number of nitrogens with zero attached hydrogens (tertiary/aromatic N) is 2. The second-order valence-electron chi connectivity index (χ2n) is 8.92. The third-order valence-corrected chi connectivity index (χ3v) is 9.00. The van der Waals surface area contributed by atoms with Crippen molar-refractivity contribution in [1.29, 1.82) is 5.26 Å². The lowest BCUT2D eigenvalue weighted by Crippen LogP contribution is -2.38. The maximum absolute atomic E-state index is 13.3. The average Bonchev–Trinajstić information content (AvgIpc) is 2.89. The molecule has 0 atom stereocenters. The molecular formula is C29H26N2O2S. The van der Waals surface area contributed by atoms with Crippen LogP contribution in [0, 0.1) is 11.3 Å². The molecule has 1 aliphatic heterocycles. The quantitative estimate of drug-likeness (QED) is 0.372. The van der Waals surface area contributed by atoms with Crippen LogP contribution in [-0.4, -0.2) is 31.7 Å². The molecule has 0 aromatic heterocycles. The van der Waals surface area contributed by atoms with E-state index in [2.05, 4.69) is 47.4 Å². The zero-order valence-corrected chi connectivity index (χ0v) is 19.7. The molecule has 0 aliphatic carbocycles. The first kappa shape index (κ1) is 22.3. The average molecular weight is 467 g/mol. The fourth-order valence-corrected chi connectivity index (χ4v) is 6.47. The van der Waals surface area contributed by atoms with Crippen LogP contribution in [0.4, 0.5) is 0 Å². The molecule has 5 rings (SSSR count). The first-order chi connectivity index (χ1) is 16.5. The van der Waals surface area contributed by atoms with E-state index in [1.807, 2.05) is 30.3 Å². The number of rotatable bonds is 5. The van der Waals surface area contributed by atoms with Crippen LogP contribution in [0.15, 0.2) is 95.9 Å². The summed E-state index contributed by atoms with van der Waals surface area (Å²) in [6.07, 6.45) is 1.29. The van der Waals surface area contributed by atoms with Crippen LogP contribution in [0.25, 0.3) is 21.9 Å². The predicted molar refractivity (Wildman–Crippen MR) is 136 cm³/mol. The van der Waals surface area contributed by atoms with Gasteiger partial charge in [-0.1, -0.05) is 60.7 Å². The van der Waals surface area contributed by atoms with Crippen molar-refractivity contribution in [2.75, 3.05) is 13.1 Å². The summed E-state index contributed by atoms with van der Waals surface area (Å²) < 4.78 is 26.6. The van der Waals surface area contributed by atoms with Crippen molar-refractivity contribution in [3.05, 3.63) is 102 Å². The molecule has 0 unspecified atom stereocenters. The normalized spacial score (nSPS) is 15.3. The molecule has 1 heterocycles. The van der Waals surface area contributed by atoms with Gasteiger partial charge < -0.3 is 0 Å². The van der Waals surface area contributed by atoms with Crippen molar-refractivity contribution in [1.82, 2.24) is 4.90 Å². The minimum absolute atomic E-state index is 0.346. The van der Waals surface area contributed by atoms with E-state index < -0.39 is 9.84 Å². The highest BCUT2D eigenvalue weighted by atomic mass is 32.2. The van der Waals surface area contributed by atoms with Gasteiger partial charge in [0.1, 0.15) is 0 Å². The Morgan fingerprint density at radius 1 is 0.794 bits per heavy atom. The van der Waals surface area contributed by atoms with Crippen LogP contribution in [0.5, 0.6) is 0 Å². The zero-order valence-electron chi connectivity index (χ0n) is 18.9. The highest BCUT2D eigenvalue weighted by Gasteiger charge is 2.31. The number of likely N-dealkylation sites (tertiary alicyclic amines) is 1. The molecule has 4 aromatic carbocycles. The van der Waals surface area contributed by atoms with Crippen molar-refractivity contribution < 1.29 is 8.42 Å². The smallest absolute Gasteiger partial charge is 0.181 e. The molecule has 34 heavy (non-hydrogen) atoms. The van der Waals surface area contributed by atoms with Gasteiger partial charge in [-0.05, 0) is 83.7 Å². The minimum Gasteiger partial charge on any atom is -0.299 e. The molecule has 4 nitrogen and oxygen atoms in total. The number of sulfone groups is 1. The highest BCUT2D eigenvalue weighted by molar-refractivity contribution is 7.92. The molecule has 4 aromatic rings. The van der Waals surface area contributed by atoms with Crippen LogP contribution >= 0.6 is 0 Å². The number of hydrogen-bond donors (Lipinski definition) is 0. The predicted octanol–water partition coefficient (Wildman–Crippen LogP) is 5.82. The van der Waals surface area contributed by atoms with Crippen LogP contribution in [0.3, 0.4) is 0 Å². The van der Waals surface area contributed by atoms with Crippen molar-refractivity contribution in [3.63, 3.8) is 0 Å². The molecule has 1 fully saturated rings. The molecular weight excluding hydrogens is 440 g/mol. The topological polar surface area (TPSA) is 61.2 Å². The molecule has 5 heteroatoms. The van der Waals surface area contributed by atoms with Gasteiger partial charge in [0, 0.05) is 6.54 Å². The second kappa shape index (κ2) is 9.42. The fourth-order valence-electron chi connectivity index (χ4n) is 4.74. The molecule has 1 saturated heterocycles. The second-order valence-corrected chi connectivity index (χ2v) is 11.1. The summed E-state index contributed by atoms with van der Waals surface area (Å²) in [5.41, 5.74) is 3.77. The summed E-state index contributed by atoms with van der Waals surface area (Å²) in [7, 11) is -3.37. The van der Waals surface area contributed by atoms with Gasteiger partial charge >= 0.3 is 0 Å². The standard InChI is InChI=1S/C29H26N2O2S/c30-20-22-5-8-25(9-6-22)26-11-13-28(14-12-26)34(32,33)29-15-17-31(18-16-29)21-23-7-10-24-3-1-2-4-27(24)19-23/h1-14,19,29H,15-18,21H2. The summed E-state index contributed by atoms with van der Waals surface area (Å²) >= 11 is 0. The van der Waals surface area contributed by atoms with Gasteiger partial charge in [-0.2, -0.15) is 5.26 Å². The fraction of sp³-hybridized carbons (Fsp3) is 0.207. The summed E-state index contributed by atoms with van der Waals surface area (Å²) in [5, 5.41) is 11.1. The summed E-state index contributed by atoms with van der Waals surface area (Å²) in [4.78, 5) is 2.74. The largest absolute Gasteiger partial charge is 0.299 e. The zero-order chi connectivity index (χ0) is 23.5. The molecule has 0 spiro atoms. The van der Waals surface area contributed by atoms with Crippen LogP contribution in [0.2, 0.25) is 0 Å². The van der Waals surface area contributed by atoms with E-state index in [9.17, 15) is 8.42 Å². The monoisotopic (exact) mass is 466 g/mol. The Kier molecular flexibility index (Phi) is 6.19. The Morgan fingerprint density at radius 3 is 2.06 bits per heavy atom. The Labute approximate surface area is 201 Å². The van der Waals surface area contributed by atoms with E-state index in [0.29, 0.717) is 23.3 Å². The number of fused-ring (bicyclic) bond motifs is 1. The molecule has 0 radical (unpaired) electrons. The van der Waals surface area contributed by atoms with E-state index in [-0.39, 0.29) is 5.25 Å². The highest BCUT2D eigenvalue weighted by Crippen LogP contribution is 2.28. The van der Waals surface area contributed by atoms with E-state index in [0.717, 1.165) is 30.8 Å². The Balaban J connectivity index is 1.23. The van der Waals surface area contributed by atoms with Crippen molar-refractivity contribution in [3.8, 4) is 17.2 Å². The molecule has 170 valence electrons. The maximum atomic E-state index is 13.3. The summed E-state index contributed by atoms with van der Waals surface area (Å²) in [6.45, 7) is 2.40. The number of benzene rings is 4. The van der Waals surface area contributed by atoms with Gasteiger partial charge in [0.2, 0.25) is 0 Å². The lowest BCUT2D eigenvalue weighted by atomic mass is 10.0. The van der Waals surface area contributed by atoms with Gasteiger partial charge in [0.15, 0.2) is 9.84 Å². The number of piperidine rings is 1. The lowest BCUT2D eigenvalue weighted by Gasteiger charge is -2.31. The molecule has 0 saturated carbocycles. The van der Waals surface area contributed by atoms with E-state index >= 15 is 0 Å². The maximum Gasteiger partial charge on any atom is 0.181 e. The van der Waals surface area contributed by atoms with Gasteiger partial charge in [-0.15, -0.1) is 0 Å². The Morgan fingerprint density at radius 2 is 1.41 bits per heavy atom. The molecule has 1 aliphatic rings. The van der Waals surface area contributed by atoms with Crippen LogP contribution in [0.1, 0.15) is 24.0 Å². The molecule has 0 amide bonds. The lowest BCUT2D eigenvalue weighted by molar-refractivity contribution is 0.222. The number of nitriles is 1. The molecule has 0 N–H and O–H groups in total. The van der Waals surface area contributed by atoms with Gasteiger partial charge in [-0.25, -0.2) is 8.42 Å². The van der Waals surface area contributed by atoms with E-state index in [4.69, 9.17) is 5.26 Å². The van der Waals surface area contributed by atoms with Gasteiger partial charge in [0.05, 0.1) is 21.8 Å². The third-order valence-electron chi connectivity index (χ3n) is 6.72. The number of hydrogen-bond acceptors (Lipinski definition) is 4. The van der Waals surface area contributed by atoms with Crippen molar-refractivity contribution >= 4 is 20.6 Å². The summed E-state index contributed by atoms with van der Waals surface area (Å²) in [5.74, 6) is 0. The van der Waals surface area contributed by atoms with E-state index in [1.165, 1.54) is 16.3 Å². The van der Waals surface area contributed by atoms with Gasteiger partial charge in [-0.3, -0.25) is 4.90 Å². The van der Waals surface area contributed by atoms with Crippen LogP contribution < -0.4 is 0 Å². The van der Waals surface area contributed by atoms with Gasteiger partial charge in [0.25, 0.3) is 0 Å². The Bertz CT molecular complexity index is 1450. The summed E-state index contributed by atoms with van der Waals surface area (Å²) in [6, 6.07) is 31.4. The SMILES string of the molecule is N#Cc1ccc(-c2ccc(S(=O)(=O)C3CCN(Cc4ccc5ccccc5c4)CC3)cc2)cc1. The van der Waals surface area contributed by atoms with E-state index in [1.54, 1.807) is 24.3 Å². The Hall–Kier alpha value is -3.46. The van der Waals surface area contributed by atoms with Crippen molar-refractivity contribution in [2.24, 2.45) is 0 Å².